The maximum absolute atomic E-state index is 13.9. The number of benzene rings is 3. The van der Waals surface area contributed by atoms with Crippen LogP contribution in [0.15, 0.2) is 83.8 Å². The molecule has 7 nitrogen and oxygen atoms in total. The summed E-state index contributed by atoms with van der Waals surface area (Å²) in [5.74, 6) is -1.11. The Morgan fingerprint density at radius 2 is 1.59 bits per heavy atom. The summed E-state index contributed by atoms with van der Waals surface area (Å²) in [7, 11) is -4.24. The van der Waals surface area contributed by atoms with E-state index in [2.05, 4.69) is 5.10 Å². The minimum absolute atomic E-state index is 0.0407. The Kier molecular flexibility index (Phi) is 6.34. The number of aromatic nitrogens is 3. The average Bonchev–Trinajstić information content (AvgIpc) is 3.42. The Labute approximate surface area is 221 Å². The molecule has 0 bridgehead atoms. The highest BCUT2D eigenvalue weighted by Crippen LogP contribution is 2.34. The molecule has 0 aliphatic carbocycles. The van der Waals surface area contributed by atoms with Crippen LogP contribution in [0.2, 0.25) is 0 Å². The third kappa shape index (κ3) is 4.92. The van der Waals surface area contributed by atoms with E-state index in [1.54, 1.807) is 28.9 Å². The highest BCUT2D eigenvalue weighted by Gasteiger charge is 2.32. The van der Waals surface area contributed by atoms with E-state index in [0.29, 0.717) is 11.3 Å². The molecule has 0 unspecified atom stereocenters. The molecule has 0 amide bonds. The summed E-state index contributed by atoms with van der Waals surface area (Å²) in [5.41, 5.74) is 2.43. The van der Waals surface area contributed by atoms with Gasteiger partial charge in [0.25, 0.3) is 10.0 Å². The number of carbonyl (C=O) groups is 1. The van der Waals surface area contributed by atoms with Crippen molar-refractivity contribution < 1.29 is 31.5 Å². The van der Waals surface area contributed by atoms with E-state index in [4.69, 9.17) is 5.11 Å². The van der Waals surface area contributed by atoms with Gasteiger partial charge in [-0.15, -0.1) is 0 Å². The minimum atomic E-state index is -4.60. The second kappa shape index (κ2) is 9.42. The predicted molar refractivity (Wildman–Crippen MR) is 139 cm³/mol. The number of nitrogens with zero attached hydrogens (tertiary/aromatic N) is 3. The van der Waals surface area contributed by atoms with E-state index in [-0.39, 0.29) is 33.5 Å². The molecule has 11 heteroatoms. The van der Waals surface area contributed by atoms with Crippen LogP contribution in [-0.4, -0.2) is 33.2 Å². The van der Waals surface area contributed by atoms with Crippen molar-refractivity contribution in [1.82, 2.24) is 13.8 Å². The largest absolute Gasteiger partial charge is 0.478 e. The van der Waals surface area contributed by atoms with Gasteiger partial charge in [-0.2, -0.15) is 18.3 Å². The lowest BCUT2D eigenvalue weighted by atomic mass is 10.1. The van der Waals surface area contributed by atoms with Gasteiger partial charge in [-0.1, -0.05) is 12.1 Å². The number of aromatic carboxylic acids is 1. The van der Waals surface area contributed by atoms with E-state index >= 15 is 0 Å². The molecule has 5 aromatic rings. The van der Waals surface area contributed by atoms with Crippen LogP contribution in [0.3, 0.4) is 0 Å². The van der Waals surface area contributed by atoms with Crippen LogP contribution < -0.4 is 0 Å². The van der Waals surface area contributed by atoms with Crippen LogP contribution >= 0.6 is 0 Å². The molecule has 0 radical (unpaired) electrons. The summed E-state index contributed by atoms with van der Waals surface area (Å²) >= 11 is 0. The van der Waals surface area contributed by atoms with E-state index in [9.17, 15) is 26.4 Å². The maximum Gasteiger partial charge on any atom is 0.416 e. The van der Waals surface area contributed by atoms with Gasteiger partial charge < -0.3 is 5.11 Å². The summed E-state index contributed by atoms with van der Waals surface area (Å²) < 4.78 is 70.7. The van der Waals surface area contributed by atoms with Crippen molar-refractivity contribution in [3.63, 3.8) is 0 Å². The van der Waals surface area contributed by atoms with Crippen LogP contribution in [-0.2, 0) is 22.6 Å². The maximum atomic E-state index is 13.9. The number of aryl methyl sites for hydroxylation is 2. The first-order valence-corrected chi connectivity index (χ1v) is 13.2. The molecule has 0 spiro atoms. The molecule has 0 atom stereocenters. The van der Waals surface area contributed by atoms with Gasteiger partial charge in [-0.25, -0.2) is 21.9 Å². The Bertz CT molecular complexity index is 1820. The summed E-state index contributed by atoms with van der Waals surface area (Å²) in [6, 6.07) is 18.2. The second-order valence-electron chi connectivity index (χ2n) is 9.19. The standard InChI is InChI=1S/C28H22F3N3O4S/c1-17-13-18(2)33(32-17)23-8-10-25(11-9-23)39(37,38)34-24(14-19-3-5-20(6-4-19)27(35)36)16-21-15-22(28(29,30)31)7-12-26(21)34/h3-13,15-16H,14H2,1-2H3,(H,35,36). The quantitative estimate of drug-likeness (QED) is 0.279. The fraction of sp³-hybridized carbons (Fsp3) is 0.143. The molecule has 2 aromatic heterocycles. The molecule has 0 saturated heterocycles. The van der Waals surface area contributed by atoms with Crippen molar-refractivity contribution in [2.45, 2.75) is 31.3 Å². The zero-order chi connectivity index (χ0) is 28.1. The Hall–Kier alpha value is -4.38. The zero-order valence-corrected chi connectivity index (χ0v) is 21.6. The summed E-state index contributed by atoms with van der Waals surface area (Å²) in [6.45, 7) is 3.72. The molecule has 0 saturated carbocycles. The van der Waals surface area contributed by atoms with E-state index in [1.165, 1.54) is 30.3 Å². The molecular weight excluding hydrogens is 531 g/mol. The summed E-state index contributed by atoms with van der Waals surface area (Å²) in [6.07, 6.45) is -4.56. The zero-order valence-electron chi connectivity index (χ0n) is 20.8. The van der Waals surface area contributed by atoms with E-state index in [1.807, 2.05) is 19.9 Å². The Balaban J connectivity index is 1.62. The molecule has 39 heavy (non-hydrogen) atoms. The SMILES string of the molecule is Cc1cc(C)n(-c2ccc(S(=O)(=O)n3c(Cc4ccc(C(=O)O)cc4)cc4cc(C(F)(F)F)ccc43)cc2)n1. The van der Waals surface area contributed by atoms with Crippen LogP contribution in [0.1, 0.15) is 38.6 Å². The second-order valence-corrected chi connectivity index (χ2v) is 11.0. The first-order chi connectivity index (χ1) is 18.3. The number of hydrogen-bond acceptors (Lipinski definition) is 4. The fourth-order valence-corrected chi connectivity index (χ4v) is 6.10. The third-order valence-electron chi connectivity index (χ3n) is 6.37. The van der Waals surface area contributed by atoms with Crippen molar-refractivity contribution >= 4 is 26.9 Å². The van der Waals surface area contributed by atoms with E-state index < -0.39 is 27.7 Å². The van der Waals surface area contributed by atoms with Gasteiger partial charge in [-0.05, 0) is 86.1 Å². The molecule has 1 N–H and O–H groups in total. The lowest BCUT2D eigenvalue weighted by Crippen LogP contribution is -2.16. The minimum Gasteiger partial charge on any atom is -0.478 e. The molecule has 0 aliphatic rings. The van der Waals surface area contributed by atoms with E-state index in [0.717, 1.165) is 33.6 Å². The monoisotopic (exact) mass is 553 g/mol. The topological polar surface area (TPSA) is 94.2 Å². The van der Waals surface area contributed by atoms with Gasteiger partial charge in [0.2, 0.25) is 0 Å². The number of hydrogen-bond donors (Lipinski definition) is 1. The number of carboxylic acid groups (broad SMARTS) is 1. The number of fused-ring (bicyclic) bond motifs is 1. The van der Waals surface area contributed by atoms with Gasteiger partial charge in [0, 0.05) is 23.2 Å². The fourth-order valence-electron chi connectivity index (χ4n) is 4.56. The Morgan fingerprint density at radius 1 is 0.923 bits per heavy atom. The van der Waals surface area contributed by atoms with Crippen LogP contribution in [0.5, 0.6) is 0 Å². The van der Waals surface area contributed by atoms with Gasteiger partial charge in [0.05, 0.1) is 32.9 Å². The normalized spacial score (nSPS) is 12.2. The molecule has 0 aliphatic heterocycles. The third-order valence-corrected chi connectivity index (χ3v) is 8.15. The van der Waals surface area contributed by atoms with Gasteiger partial charge in [-0.3, -0.25) is 0 Å². The van der Waals surface area contributed by atoms with Crippen LogP contribution in [0.4, 0.5) is 13.2 Å². The van der Waals surface area contributed by atoms with Crippen molar-refractivity contribution in [3.8, 4) is 5.69 Å². The van der Waals surface area contributed by atoms with Crippen molar-refractivity contribution in [1.29, 1.82) is 0 Å². The first-order valence-electron chi connectivity index (χ1n) is 11.8. The molecule has 3 aromatic carbocycles. The highest BCUT2D eigenvalue weighted by molar-refractivity contribution is 7.90. The molecule has 2 heterocycles. The van der Waals surface area contributed by atoms with Gasteiger partial charge >= 0.3 is 12.1 Å². The molecule has 0 fully saturated rings. The molecule has 200 valence electrons. The lowest BCUT2D eigenvalue weighted by molar-refractivity contribution is -0.137. The predicted octanol–water partition coefficient (Wildman–Crippen LogP) is 5.99. The number of halogens is 3. The average molecular weight is 554 g/mol. The number of carboxylic acids is 1. The number of alkyl halides is 3. The first kappa shape index (κ1) is 26.2. The van der Waals surface area contributed by atoms with Crippen molar-refractivity contribution in [2.75, 3.05) is 0 Å². The summed E-state index contributed by atoms with van der Waals surface area (Å²) in [5, 5.41) is 13.7. The smallest absolute Gasteiger partial charge is 0.416 e. The molecule has 5 rings (SSSR count). The van der Waals surface area contributed by atoms with Gasteiger partial charge in [0.1, 0.15) is 0 Å². The Morgan fingerprint density at radius 3 is 2.15 bits per heavy atom. The van der Waals surface area contributed by atoms with Crippen LogP contribution in [0.25, 0.3) is 16.6 Å². The lowest BCUT2D eigenvalue weighted by Gasteiger charge is -2.14. The molecular formula is C28H22F3N3O4S. The number of rotatable bonds is 6. The van der Waals surface area contributed by atoms with Crippen molar-refractivity contribution in [2.24, 2.45) is 0 Å². The van der Waals surface area contributed by atoms with Crippen molar-refractivity contribution in [3.05, 3.63) is 113 Å². The highest BCUT2D eigenvalue weighted by atomic mass is 32.2. The van der Waals surface area contributed by atoms with Crippen LogP contribution in [0, 0.1) is 13.8 Å². The van der Waals surface area contributed by atoms with Gasteiger partial charge in [0.15, 0.2) is 0 Å². The summed E-state index contributed by atoms with van der Waals surface area (Å²) in [4.78, 5) is 11.1.